The van der Waals surface area contributed by atoms with E-state index in [0.29, 0.717) is 54.6 Å². The van der Waals surface area contributed by atoms with Crippen molar-refractivity contribution < 1.29 is 28.9 Å². The molecule has 7 nitrogen and oxygen atoms in total. The number of hydrogen-bond donors (Lipinski definition) is 1. The Labute approximate surface area is 229 Å². The number of carbonyl (C=O) groups is 2. The van der Waals surface area contributed by atoms with E-state index in [-0.39, 0.29) is 11.3 Å². The van der Waals surface area contributed by atoms with Crippen molar-refractivity contribution in [3.63, 3.8) is 0 Å². The largest absolute Gasteiger partial charge is 0.507 e. The highest BCUT2D eigenvalue weighted by molar-refractivity contribution is 6.46. The van der Waals surface area contributed by atoms with E-state index in [0.717, 1.165) is 18.4 Å². The molecule has 0 saturated carbocycles. The van der Waals surface area contributed by atoms with Gasteiger partial charge in [0.2, 0.25) is 0 Å². The zero-order valence-corrected chi connectivity index (χ0v) is 22.7. The van der Waals surface area contributed by atoms with Gasteiger partial charge in [-0.3, -0.25) is 9.59 Å². The molecule has 1 fully saturated rings. The maximum atomic E-state index is 13.4. The van der Waals surface area contributed by atoms with Crippen LogP contribution in [0.25, 0.3) is 5.76 Å². The molecule has 39 heavy (non-hydrogen) atoms. The van der Waals surface area contributed by atoms with Gasteiger partial charge in [-0.1, -0.05) is 61.9 Å². The molecule has 1 aliphatic heterocycles. The van der Waals surface area contributed by atoms with Gasteiger partial charge in [-0.15, -0.1) is 0 Å². The molecular weight excluding hydrogens is 494 g/mol. The van der Waals surface area contributed by atoms with Crippen molar-refractivity contribution in [2.24, 2.45) is 0 Å². The number of aliphatic hydroxyl groups is 1. The fourth-order valence-electron chi connectivity index (χ4n) is 4.70. The van der Waals surface area contributed by atoms with Gasteiger partial charge in [0.25, 0.3) is 11.7 Å². The summed E-state index contributed by atoms with van der Waals surface area (Å²) in [5.74, 6) is 0.00656. The third-order valence-corrected chi connectivity index (χ3v) is 6.70. The van der Waals surface area contributed by atoms with E-state index < -0.39 is 17.7 Å². The number of nitrogens with zero attached hydrogens (tertiary/aromatic N) is 1. The van der Waals surface area contributed by atoms with Crippen LogP contribution in [0.15, 0.2) is 78.4 Å². The Morgan fingerprint density at radius 1 is 0.923 bits per heavy atom. The van der Waals surface area contributed by atoms with Gasteiger partial charge in [-0.05, 0) is 55.2 Å². The molecule has 1 N–H and O–H groups in total. The molecule has 204 valence electrons. The topological polar surface area (TPSA) is 85.3 Å². The number of unbranched alkanes of at least 4 members (excludes halogenated alkanes) is 1. The lowest BCUT2D eigenvalue weighted by molar-refractivity contribution is -0.139. The number of amides is 1. The average molecular weight is 530 g/mol. The van der Waals surface area contributed by atoms with E-state index in [1.54, 1.807) is 42.5 Å². The van der Waals surface area contributed by atoms with E-state index >= 15 is 0 Å². The van der Waals surface area contributed by atoms with Gasteiger partial charge in [0.05, 0.1) is 31.9 Å². The number of hydrogen-bond acceptors (Lipinski definition) is 6. The predicted octanol–water partition coefficient (Wildman–Crippen LogP) is 5.94. The van der Waals surface area contributed by atoms with E-state index in [9.17, 15) is 14.7 Å². The van der Waals surface area contributed by atoms with Crippen molar-refractivity contribution in [3.05, 3.63) is 95.1 Å². The first-order valence-electron chi connectivity index (χ1n) is 13.3. The Morgan fingerprint density at radius 3 is 2.44 bits per heavy atom. The molecule has 7 heteroatoms. The number of aliphatic hydroxyl groups excluding tert-OH is 1. The molecule has 0 spiro atoms. The maximum Gasteiger partial charge on any atom is 0.295 e. The van der Waals surface area contributed by atoms with Crippen LogP contribution in [0.2, 0.25) is 0 Å². The fourth-order valence-corrected chi connectivity index (χ4v) is 4.70. The quantitative estimate of drug-likeness (QED) is 0.135. The van der Waals surface area contributed by atoms with E-state index in [1.807, 2.05) is 37.3 Å². The van der Waals surface area contributed by atoms with Crippen LogP contribution in [-0.2, 0) is 16.0 Å². The first-order valence-corrected chi connectivity index (χ1v) is 13.3. The van der Waals surface area contributed by atoms with Gasteiger partial charge in [0, 0.05) is 12.1 Å². The number of rotatable bonds is 12. The molecule has 1 saturated heterocycles. The Balaban J connectivity index is 1.78. The van der Waals surface area contributed by atoms with Gasteiger partial charge in [0.1, 0.15) is 11.5 Å². The number of Topliss-reactive ketones (excluding diaryl/α,β-unsaturated/α-hetero) is 1. The summed E-state index contributed by atoms with van der Waals surface area (Å²) in [4.78, 5) is 28.3. The lowest BCUT2D eigenvalue weighted by Crippen LogP contribution is -2.31. The van der Waals surface area contributed by atoms with Gasteiger partial charge >= 0.3 is 0 Å². The number of ether oxygens (including phenoxy) is 3. The Bertz CT molecular complexity index is 1330. The monoisotopic (exact) mass is 529 g/mol. The molecule has 1 unspecified atom stereocenters. The summed E-state index contributed by atoms with van der Waals surface area (Å²) >= 11 is 0. The Hall–Kier alpha value is -4.26. The molecule has 4 rings (SSSR count). The number of benzene rings is 3. The summed E-state index contributed by atoms with van der Waals surface area (Å²) in [5.41, 5.74) is 2.12. The lowest BCUT2D eigenvalue weighted by Gasteiger charge is -2.26. The van der Waals surface area contributed by atoms with Gasteiger partial charge < -0.3 is 24.2 Å². The number of methoxy groups -OCH3 is 1. The van der Waals surface area contributed by atoms with Crippen LogP contribution >= 0.6 is 0 Å². The van der Waals surface area contributed by atoms with Crippen LogP contribution in [0.1, 0.15) is 49.4 Å². The molecule has 3 aromatic rings. The lowest BCUT2D eigenvalue weighted by atomic mass is 9.94. The number of carbonyl (C=O) groups excluding carboxylic acids is 2. The van der Waals surface area contributed by atoms with Gasteiger partial charge in [-0.25, -0.2) is 0 Å². The SMILES string of the molecule is CCCCOc1cccc(C(O)=C2C(=O)C(=O)N(CCc3ccccc3)C2c2ccc(OCC)c(OC)c2)c1. The fraction of sp³-hybridized carbons (Fsp3) is 0.312. The minimum Gasteiger partial charge on any atom is -0.507 e. The molecule has 0 radical (unpaired) electrons. The van der Waals surface area contributed by atoms with Crippen LogP contribution in [0.4, 0.5) is 0 Å². The van der Waals surface area contributed by atoms with Crippen LogP contribution < -0.4 is 14.2 Å². The normalized spacial score (nSPS) is 16.4. The van der Waals surface area contributed by atoms with Gasteiger partial charge in [-0.2, -0.15) is 0 Å². The molecule has 0 bridgehead atoms. The molecule has 0 aromatic heterocycles. The summed E-state index contributed by atoms with van der Waals surface area (Å²) in [6.45, 7) is 5.27. The molecular formula is C32H35NO6. The van der Waals surface area contributed by atoms with Crippen molar-refractivity contribution in [1.29, 1.82) is 0 Å². The summed E-state index contributed by atoms with van der Waals surface area (Å²) in [5, 5.41) is 11.5. The van der Waals surface area contributed by atoms with Gasteiger partial charge in [0.15, 0.2) is 11.5 Å². The average Bonchev–Trinajstić information content (AvgIpc) is 3.22. The van der Waals surface area contributed by atoms with E-state index in [4.69, 9.17) is 14.2 Å². The number of likely N-dealkylation sites (tertiary alicyclic amines) is 1. The highest BCUT2D eigenvalue weighted by atomic mass is 16.5. The first kappa shape index (κ1) is 27.8. The second-order valence-electron chi connectivity index (χ2n) is 9.30. The summed E-state index contributed by atoms with van der Waals surface area (Å²) in [6.07, 6.45) is 2.46. The predicted molar refractivity (Wildman–Crippen MR) is 150 cm³/mol. The van der Waals surface area contributed by atoms with Crippen molar-refractivity contribution in [2.45, 2.75) is 39.2 Å². The molecule has 1 aliphatic rings. The minimum atomic E-state index is -0.803. The second-order valence-corrected chi connectivity index (χ2v) is 9.30. The summed E-state index contributed by atoms with van der Waals surface area (Å²) < 4.78 is 17.0. The second kappa shape index (κ2) is 13.0. The van der Waals surface area contributed by atoms with E-state index in [2.05, 4.69) is 6.92 Å². The third-order valence-electron chi connectivity index (χ3n) is 6.70. The van der Waals surface area contributed by atoms with Crippen LogP contribution in [0.5, 0.6) is 17.2 Å². The standard InChI is InChI=1S/C32H35NO6/c1-4-6-19-39-25-14-10-13-24(20-25)30(34)28-29(23-15-16-26(38-5-2)27(21-23)37-3)33(32(36)31(28)35)18-17-22-11-8-7-9-12-22/h7-16,20-21,29,34H,4-6,17-19H2,1-3H3. The smallest absolute Gasteiger partial charge is 0.295 e. The van der Waals surface area contributed by atoms with Crippen molar-refractivity contribution in [3.8, 4) is 17.2 Å². The van der Waals surface area contributed by atoms with Crippen molar-refractivity contribution in [1.82, 2.24) is 4.90 Å². The Kier molecular flexibility index (Phi) is 9.26. The van der Waals surface area contributed by atoms with Crippen molar-refractivity contribution >= 4 is 17.4 Å². The number of ketones is 1. The Morgan fingerprint density at radius 2 is 1.72 bits per heavy atom. The highest BCUT2D eigenvalue weighted by Crippen LogP contribution is 2.42. The van der Waals surface area contributed by atoms with Crippen molar-refractivity contribution in [2.75, 3.05) is 26.9 Å². The third kappa shape index (κ3) is 6.25. The maximum absolute atomic E-state index is 13.4. The first-order chi connectivity index (χ1) is 19.0. The summed E-state index contributed by atoms with van der Waals surface area (Å²) in [7, 11) is 1.54. The molecule has 1 amide bonds. The minimum absolute atomic E-state index is 0.0324. The highest BCUT2D eigenvalue weighted by Gasteiger charge is 2.46. The zero-order chi connectivity index (χ0) is 27.8. The molecule has 1 heterocycles. The zero-order valence-electron chi connectivity index (χ0n) is 22.7. The van der Waals surface area contributed by atoms with E-state index in [1.165, 1.54) is 12.0 Å². The summed E-state index contributed by atoms with van der Waals surface area (Å²) in [6, 6.07) is 21.3. The molecule has 3 aromatic carbocycles. The van der Waals surface area contributed by atoms with Crippen LogP contribution in [0.3, 0.4) is 0 Å². The van der Waals surface area contributed by atoms with Crippen LogP contribution in [-0.4, -0.2) is 48.6 Å². The molecule has 0 aliphatic carbocycles. The molecule has 1 atom stereocenters. The van der Waals surface area contributed by atoms with Crippen LogP contribution in [0, 0.1) is 0 Å².